The highest BCUT2D eigenvalue weighted by Gasteiger charge is 2.12. The Morgan fingerprint density at radius 3 is 2.78 bits per heavy atom. The van der Waals surface area contributed by atoms with Crippen LogP contribution in [0.1, 0.15) is 12.8 Å². The number of ether oxygens (including phenoxy) is 1. The van der Waals surface area contributed by atoms with Crippen LogP contribution in [0.25, 0.3) is 0 Å². The van der Waals surface area contributed by atoms with Crippen molar-refractivity contribution in [2.24, 2.45) is 0 Å². The zero-order valence-electron chi connectivity index (χ0n) is 11.0. The third kappa shape index (κ3) is 3.89. The standard InChI is InChI=1S/C13H19ClN2O2/c1-15-8-4-5-13(17)16(2)10-6-7-12(18-3)11(14)9-10/h6-7,9,15H,4-5,8H2,1-3H3. The number of carbonyl (C=O) groups excluding carboxylic acids is 1. The summed E-state index contributed by atoms with van der Waals surface area (Å²) in [6.45, 7) is 0.836. The van der Waals surface area contributed by atoms with Gasteiger partial charge in [-0.3, -0.25) is 4.79 Å². The highest BCUT2D eigenvalue weighted by molar-refractivity contribution is 6.32. The number of rotatable bonds is 6. The van der Waals surface area contributed by atoms with Crippen LogP contribution in [0.4, 0.5) is 5.69 Å². The molecule has 0 atom stereocenters. The number of nitrogens with zero attached hydrogens (tertiary/aromatic N) is 1. The van der Waals surface area contributed by atoms with Crippen LogP contribution in [-0.4, -0.2) is 33.7 Å². The Morgan fingerprint density at radius 2 is 2.22 bits per heavy atom. The molecule has 0 bridgehead atoms. The Kier molecular flexibility index (Phi) is 5.95. The largest absolute Gasteiger partial charge is 0.495 e. The van der Waals surface area contributed by atoms with E-state index in [0.29, 0.717) is 17.2 Å². The lowest BCUT2D eigenvalue weighted by molar-refractivity contribution is -0.118. The maximum absolute atomic E-state index is 11.9. The summed E-state index contributed by atoms with van der Waals surface area (Å²) in [5.41, 5.74) is 0.773. The molecule has 0 fully saturated rings. The van der Waals surface area contributed by atoms with Gasteiger partial charge in [0, 0.05) is 19.2 Å². The van der Waals surface area contributed by atoms with E-state index in [-0.39, 0.29) is 5.91 Å². The Hall–Kier alpha value is -1.26. The summed E-state index contributed by atoms with van der Waals surface area (Å²) in [6, 6.07) is 5.31. The fourth-order valence-corrected chi connectivity index (χ4v) is 1.84. The van der Waals surface area contributed by atoms with Gasteiger partial charge in [-0.2, -0.15) is 0 Å². The molecule has 100 valence electrons. The van der Waals surface area contributed by atoms with Crippen LogP contribution < -0.4 is 15.0 Å². The molecule has 0 aromatic heterocycles. The number of nitrogens with one attached hydrogen (secondary N) is 1. The smallest absolute Gasteiger partial charge is 0.226 e. The molecule has 0 aliphatic carbocycles. The molecule has 4 nitrogen and oxygen atoms in total. The first-order chi connectivity index (χ1) is 8.60. The van der Waals surface area contributed by atoms with Crippen molar-refractivity contribution in [3.63, 3.8) is 0 Å². The second-order valence-electron chi connectivity index (χ2n) is 3.98. The van der Waals surface area contributed by atoms with Gasteiger partial charge in [0.2, 0.25) is 5.91 Å². The molecule has 1 aromatic carbocycles. The number of methoxy groups -OCH3 is 1. The van der Waals surface area contributed by atoms with Crippen molar-refractivity contribution in [1.82, 2.24) is 5.32 Å². The van der Waals surface area contributed by atoms with Gasteiger partial charge < -0.3 is 15.0 Å². The van der Waals surface area contributed by atoms with E-state index in [1.54, 1.807) is 31.2 Å². The maximum Gasteiger partial charge on any atom is 0.226 e. The van der Waals surface area contributed by atoms with Crippen molar-refractivity contribution in [1.29, 1.82) is 0 Å². The first-order valence-corrected chi connectivity index (χ1v) is 6.22. The van der Waals surface area contributed by atoms with Gasteiger partial charge in [-0.1, -0.05) is 11.6 Å². The molecule has 5 heteroatoms. The second-order valence-corrected chi connectivity index (χ2v) is 4.39. The van der Waals surface area contributed by atoms with Crippen molar-refractivity contribution in [3.8, 4) is 5.75 Å². The fourth-order valence-electron chi connectivity index (χ4n) is 1.59. The third-order valence-corrected chi connectivity index (χ3v) is 3.01. The molecule has 0 aliphatic rings. The van der Waals surface area contributed by atoms with Crippen LogP contribution in [0.15, 0.2) is 18.2 Å². The van der Waals surface area contributed by atoms with E-state index in [4.69, 9.17) is 16.3 Å². The Labute approximate surface area is 113 Å². The van der Waals surface area contributed by atoms with Gasteiger partial charge in [-0.15, -0.1) is 0 Å². The molecule has 0 unspecified atom stereocenters. The molecule has 1 amide bonds. The molecule has 0 radical (unpaired) electrons. The molecule has 0 saturated carbocycles. The zero-order chi connectivity index (χ0) is 13.5. The van der Waals surface area contributed by atoms with Gasteiger partial charge in [-0.05, 0) is 38.2 Å². The lowest BCUT2D eigenvalue weighted by Gasteiger charge is -2.18. The highest BCUT2D eigenvalue weighted by Crippen LogP contribution is 2.28. The van der Waals surface area contributed by atoms with Gasteiger partial charge >= 0.3 is 0 Å². The van der Waals surface area contributed by atoms with Gasteiger partial charge in [0.15, 0.2) is 0 Å². The van der Waals surface area contributed by atoms with Gasteiger partial charge in [-0.25, -0.2) is 0 Å². The SMILES string of the molecule is CNCCCC(=O)N(C)c1ccc(OC)c(Cl)c1. The van der Waals surface area contributed by atoms with Crippen LogP contribution in [0.5, 0.6) is 5.75 Å². The van der Waals surface area contributed by atoms with Gasteiger partial charge in [0.05, 0.1) is 12.1 Å². The minimum absolute atomic E-state index is 0.0754. The number of anilines is 1. The summed E-state index contributed by atoms with van der Waals surface area (Å²) in [4.78, 5) is 13.5. The van der Waals surface area contributed by atoms with E-state index in [2.05, 4.69) is 5.32 Å². The summed E-state index contributed by atoms with van der Waals surface area (Å²) >= 11 is 6.03. The van der Waals surface area contributed by atoms with E-state index in [1.165, 1.54) is 0 Å². The Balaban J connectivity index is 2.68. The molecule has 0 saturated heterocycles. The monoisotopic (exact) mass is 270 g/mol. The van der Waals surface area contributed by atoms with Crippen LogP contribution in [0, 0.1) is 0 Å². The third-order valence-electron chi connectivity index (χ3n) is 2.71. The fraction of sp³-hybridized carbons (Fsp3) is 0.462. The molecular weight excluding hydrogens is 252 g/mol. The summed E-state index contributed by atoms with van der Waals surface area (Å²) in [6.07, 6.45) is 1.34. The van der Waals surface area contributed by atoms with Crippen molar-refractivity contribution < 1.29 is 9.53 Å². The van der Waals surface area contributed by atoms with Crippen molar-refractivity contribution in [2.45, 2.75) is 12.8 Å². The maximum atomic E-state index is 11.9. The van der Waals surface area contributed by atoms with Gasteiger partial charge in [0.1, 0.15) is 5.75 Å². The number of hydrogen-bond acceptors (Lipinski definition) is 3. The molecular formula is C13H19ClN2O2. The summed E-state index contributed by atoms with van der Waals surface area (Å²) in [5, 5.41) is 3.52. The quantitative estimate of drug-likeness (QED) is 0.807. The highest BCUT2D eigenvalue weighted by atomic mass is 35.5. The summed E-state index contributed by atoms with van der Waals surface area (Å²) < 4.78 is 5.08. The number of hydrogen-bond donors (Lipinski definition) is 1. The first kappa shape index (κ1) is 14.8. The summed E-state index contributed by atoms with van der Waals surface area (Å²) in [5.74, 6) is 0.683. The normalized spacial score (nSPS) is 10.2. The Morgan fingerprint density at radius 1 is 1.50 bits per heavy atom. The average Bonchev–Trinajstić information content (AvgIpc) is 2.38. The lowest BCUT2D eigenvalue weighted by Crippen LogP contribution is -2.26. The van der Waals surface area contributed by atoms with E-state index >= 15 is 0 Å². The molecule has 0 spiro atoms. The number of benzene rings is 1. The number of carbonyl (C=O) groups is 1. The molecule has 18 heavy (non-hydrogen) atoms. The van der Waals surface area contributed by atoms with Crippen LogP contribution in [-0.2, 0) is 4.79 Å². The summed E-state index contributed by atoms with van der Waals surface area (Å²) in [7, 11) is 5.19. The number of halogens is 1. The van der Waals surface area contributed by atoms with Gasteiger partial charge in [0.25, 0.3) is 0 Å². The van der Waals surface area contributed by atoms with Crippen molar-refractivity contribution >= 4 is 23.2 Å². The molecule has 0 heterocycles. The van der Waals surface area contributed by atoms with E-state index in [9.17, 15) is 4.79 Å². The minimum Gasteiger partial charge on any atom is -0.495 e. The average molecular weight is 271 g/mol. The number of amides is 1. The van der Waals surface area contributed by atoms with Crippen molar-refractivity contribution in [3.05, 3.63) is 23.2 Å². The first-order valence-electron chi connectivity index (χ1n) is 5.85. The predicted octanol–water partition coefficient (Wildman–Crippen LogP) is 2.31. The predicted molar refractivity (Wildman–Crippen MR) is 74.6 cm³/mol. The van der Waals surface area contributed by atoms with Crippen LogP contribution in [0.3, 0.4) is 0 Å². The second kappa shape index (κ2) is 7.24. The molecule has 0 aliphatic heterocycles. The Bertz CT molecular complexity index is 410. The minimum atomic E-state index is 0.0754. The molecule has 1 N–H and O–H groups in total. The molecule has 1 rings (SSSR count). The van der Waals surface area contributed by atoms with E-state index in [1.807, 2.05) is 13.1 Å². The van der Waals surface area contributed by atoms with Crippen LogP contribution >= 0.6 is 11.6 Å². The lowest BCUT2D eigenvalue weighted by atomic mass is 10.2. The van der Waals surface area contributed by atoms with E-state index < -0.39 is 0 Å². The van der Waals surface area contributed by atoms with Crippen LogP contribution in [0.2, 0.25) is 5.02 Å². The zero-order valence-corrected chi connectivity index (χ0v) is 11.8. The topological polar surface area (TPSA) is 41.6 Å². The van der Waals surface area contributed by atoms with Crippen molar-refractivity contribution in [2.75, 3.05) is 32.6 Å². The molecule has 1 aromatic rings. The van der Waals surface area contributed by atoms with E-state index in [0.717, 1.165) is 18.7 Å².